The van der Waals surface area contributed by atoms with Gasteiger partial charge in [0.05, 0.1) is 21.3 Å². The van der Waals surface area contributed by atoms with Gasteiger partial charge in [-0.3, -0.25) is 5.10 Å². The Bertz CT molecular complexity index is 1200. The van der Waals surface area contributed by atoms with Crippen LogP contribution in [0.25, 0.3) is 6.08 Å². The summed E-state index contributed by atoms with van der Waals surface area (Å²) in [5.74, 6) is 2.06. The summed E-state index contributed by atoms with van der Waals surface area (Å²) < 4.78 is 16.8. The predicted molar refractivity (Wildman–Crippen MR) is 126 cm³/mol. The SMILES string of the molecule is COc1cc(C2(c3ccccc3)C=Cc3c(C(=NO)C4CC4)n[nH]c3C2)cc(OC)c1OC. The van der Waals surface area contributed by atoms with Gasteiger partial charge in [-0.25, -0.2) is 0 Å². The van der Waals surface area contributed by atoms with Gasteiger partial charge in [0.2, 0.25) is 5.75 Å². The number of H-pyrrole nitrogens is 1. The highest BCUT2D eigenvalue weighted by Gasteiger charge is 2.40. The molecular weight excluding hydrogens is 418 g/mol. The highest BCUT2D eigenvalue weighted by atomic mass is 16.5. The lowest BCUT2D eigenvalue weighted by Crippen LogP contribution is -2.31. The standard InChI is InChI=1S/C26H27N3O4/c1-31-21-13-18(14-22(32-2)25(21)33-3)26(17-7-5-4-6-8-17)12-11-19-20(15-26)27-28-24(19)23(29-30)16-9-10-16/h4-8,11-14,16,30H,9-10,15H2,1-3H3,(H,27,28). The summed E-state index contributed by atoms with van der Waals surface area (Å²) in [6, 6.07) is 14.4. The molecule has 1 heterocycles. The Labute approximate surface area is 192 Å². The largest absolute Gasteiger partial charge is 0.493 e. The first kappa shape index (κ1) is 21.1. The molecule has 7 heteroatoms. The molecule has 0 amide bonds. The fraction of sp³-hybridized carbons (Fsp3) is 0.308. The average Bonchev–Trinajstić information content (AvgIpc) is 3.63. The zero-order valence-corrected chi connectivity index (χ0v) is 19.0. The molecule has 170 valence electrons. The monoisotopic (exact) mass is 445 g/mol. The molecule has 0 bridgehead atoms. The van der Waals surface area contributed by atoms with Crippen LogP contribution in [0.2, 0.25) is 0 Å². The Morgan fingerprint density at radius 1 is 1.03 bits per heavy atom. The third-order valence-electron chi connectivity index (χ3n) is 6.66. The summed E-state index contributed by atoms with van der Waals surface area (Å²) in [5, 5.41) is 20.9. The second kappa shape index (κ2) is 8.31. The minimum atomic E-state index is -0.485. The van der Waals surface area contributed by atoms with E-state index in [0.717, 1.165) is 40.9 Å². The van der Waals surface area contributed by atoms with Gasteiger partial charge in [-0.1, -0.05) is 47.6 Å². The number of rotatable bonds is 7. The van der Waals surface area contributed by atoms with Gasteiger partial charge in [-0.2, -0.15) is 5.10 Å². The molecule has 1 fully saturated rings. The number of hydrogen-bond acceptors (Lipinski definition) is 6. The Morgan fingerprint density at radius 2 is 1.73 bits per heavy atom. The van der Waals surface area contributed by atoms with Crippen molar-refractivity contribution in [3.63, 3.8) is 0 Å². The molecule has 2 aromatic carbocycles. The van der Waals surface area contributed by atoms with E-state index in [-0.39, 0.29) is 5.92 Å². The third-order valence-corrected chi connectivity index (χ3v) is 6.66. The number of aromatic amines is 1. The van der Waals surface area contributed by atoms with Crippen LogP contribution in [0.3, 0.4) is 0 Å². The number of hydrogen-bond donors (Lipinski definition) is 2. The van der Waals surface area contributed by atoms with Gasteiger partial charge in [-0.15, -0.1) is 0 Å². The van der Waals surface area contributed by atoms with E-state index in [1.54, 1.807) is 21.3 Å². The molecule has 2 N–H and O–H groups in total. The van der Waals surface area contributed by atoms with Crippen molar-refractivity contribution in [3.8, 4) is 17.2 Å². The van der Waals surface area contributed by atoms with E-state index >= 15 is 0 Å². The molecule has 7 nitrogen and oxygen atoms in total. The lowest BCUT2D eigenvalue weighted by molar-refractivity contribution is 0.317. The molecule has 2 aliphatic carbocycles. The van der Waals surface area contributed by atoms with Crippen molar-refractivity contribution in [1.82, 2.24) is 10.2 Å². The molecule has 2 aliphatic rings. The maximum Gasteiger partial charge on any atom is 0.203 e. The molecule has 1 aromatic heterocycles. The fourth-order valence-corrected chi connectivity index (χ4v) is 4.78. The zero-order chi connectivity index (χ0) is 23.0. The molecular formula is C26H27N3O4. The van der Waals surface area contributed by atoms with Crippen molar-refractivity contribution in [2.75, 3.05) is 21.3 Å². The first-order valence-corrected chi connectivity index (χ1v) is 11.0. The molecule has 1 saturated carbocycles. The van der Waals surface area contributed by atoms with Gasteiger partial charge >= 0.3 is 0 Å². The van der Waals surface area contributed by atoms with Crippen LogP contribution in [0.1, 0.15) is 40.9 Å². The van der Waals surface area contributed by atoms with Gasteiger partial charge in [0.15, 0.2) is 11.5 Å². The topological polar surface area (TPSA) is 89.0 Å². The van der Waals surface area contributed by atoms with Gasteiger partial charge in [0.25, 0.3) is 0 Å². The molecule has 0 radical (unpaired) electrons. The van der Waals surface area contributed by atoms with Crippen LogP contribution >= 0.6 is 0 Å². The quantitative estimate of drug-likeness (QED) is 0.316. The number of methoxy groups -OCH3 is 3. The maximum atomic E-state index is 9.60. The lowest BCUT2D eigenvalue weighted by atomic mass is 9.68. The predicted octanol–water partition coefficient (Wildman–Crippen LogP) is 4.58. The minimum Gasteiger partial charge on any atom is -0.493 e. The van der Waals surface area contributed by atoms with E-state index in [1.165, 1.54) is 0 Å². The van der Waals surface area contributed by atoms with Gasteiger partial charge in [0, 0.05) is 29.0 Å². The summed E-state index contributed by atoms with van der Waals surface area (Å²) in [7, 11) is 4.85. The Morgan fingerprint density at radius 3 is 2.30 bits per heavy atom. The van der Waals surface area contributed by atoms with E-state index in [2.05, 4.69) is 39.6 Å². The maximum absolute atomic E-state index is 9.60. The summed E-state index contributed by atoms with van der Waals surface area (Å²) >= 11 is 0. The third kappa shape index (κ3) is 3.44. The summed E-state index contributed by atoms with van der Waals surface area (Å²) in [6.07, 6.45) is 7.00. The summed E-state index contributed by atoms with van der Waals surface area (Å²) in [6.45, 7) is 0. The number of allylic oxidation sites excluding steroid dienone is 1. The average molecular weight is 446 g/mol. The smallest absolute Gasteiger partial charge is 0.203 e. The van der Waals surface area contributed by atoms with E-state index in [9.17, 15) is 5.21 Å². The van der Waals surface area contributed by atoms with Crippen molar-refractivity contribution in [2.24, 2.45) is 11.1 Å². The van der Waals surface area contributed by atoms with Crippen molar-refractivity contribution in [2.45, 2.75) is 24.7 Å². The number of nitrogens with zero attached hydrogens (tertiary/aromatic N) is 2. The molecule has 1 unspecified atom stereocenters. The van der Waals surface area contributed by atoms with Crippen LogP contribution in [-0.4, -0.2) is 42.4 Å². The molecule has 0 spiro atoms. The first-order chi connectivity index (χ1) is 16.1. The number of ether oxygens (including phenoxy) is 3. The van der Waals surface area contributed by atoms with Crippen molar-refractivity contribution >= 4 is 11.8 Å². The molecule has 5 rings (SSSR count). The van der Waals surface area contributed by atoms with Crippen LogP contribution in [0.15, 0.2) is 53.7 Å². The van der Waals surface area contributed by atoms with Crippen LogP contribution in [0, 0.1) is 5.92 Å². The van der Waals surface area contributed by atoms with Crippen molar-refractivity contribution in [1.29, 1.82) is 0 Å². The number of oxime groups is 1. The Kier molecular flexibility index (Phi) is 5.32. The minimum absolute atomic E-state index is 0.284. The van der Waals surface area contributed by atoms with Crippen LogP contribution in [0.4, 0.5) is 0 Å². The highest BCUT2D eigenvalue weighted by molar-refractivity contribution is 6.04. The van der Waals surface area contributed by atoms with Gasteiger partial charge in [-0.05, 0) is 36.1 Å². The second-order valence-corrected chi connectivity index (χ2v) is 8.49. The van der Waals surface area contributed by atoms with Gasteiger partial charge in [0.1, 0.15) is 11.4 Å². The van der Waals surface area contributed by atoms with Crippen molar-refractivity contribution < 1.29 is 19.4 Å². The number of aromatic nitrogens is 2. The van der Waals surface area contributed by atoms with Crippen LogP contribution < -0.4 is 14.2 Å². The summed E-state index contributed by atoms with van der Waals surface area (Å²) in [5.41, 5.74) is 5.03. The van der Waals surface area contributed by atoms with E-state index < -0.39 is 5.41 Å². The van der Waals surface area contributed by atoms with Crippen molar-refractivity contribution in [3.05, 3.63) is 76.6 Å². The number of benzene rings is 2. The van der Waals surface area contributed by atoms with E-state index in [0.29, 0.717) is 29.4 Å². The van der Waals surface area contributed by atoms with Gasteiger partial charge < -0.3 is 19.4 Å². The molecule has 33 heavy (non-hydrogen) atoms. The molecule has 1 atom stereocenters. The Hall–Kier alpha value is -3.74. The second-order valence-electron chi connectivity index (χ2n) is 8.49. The first-order valence-electron chi connectivity index (χ1n) is 11.0. The molecule has 0 aliphatic heterocycles. The zero-order valence-electron chi connectivity index (χ0n) is 19.0. The molecule has 3 aromatic rings. The van der Waals surface area contributed by atoms with Crippen LogP contribution in [-0.2, 0) is 11.8 Å². The highest BCUT2D eigenvalue weighted by Crippen LogP contribution is 2.47. The fourth-order valence-electron chi connectivity index (χ4n) is 4.78. The number of nitrogens with one attached hydrogen (secondary N) is 1. The molecule has 0 saturated heterocycles. The lowest BCUT2D eigenvalue weighted by Gasteiger charge is -2.35. The summed E-state index contributed by atoms with van der Waals surface area (Å²) in [4.78, 5) is 0. The van der Waals surface area contributed by atoms with E-state index in [4.69, 9.17) is 14.2 Å². The number of fused-ring (bicyclic) bond motifs is 1. The van der Waals surface area contributed by atoms with E-state index in [1.807, 2.05) is 30.3 Å². The van der Waals surface area contributed by atoms with Crippen LogP contribution in [0.5, 0.6) is 17.2 Å². The normalized spacial score (nSPS) is 19.8. The Balaban J connectivity index is 1.68.